The molecular formula is C50H51F6N10O5+. The van der Waals surface area contributed by atoms with Gasteiger partial charge in [0.05, 0.1) is 59.4 Å². The van der Waals surface area contributed by atoms with Gasteiger partial charge in [0, 0.05) is 78.9 Å². The van der Waals surface area contributed by atoms with Crippen LogP contribution < -0.4 is 38.1 Å². The molecule has 4 aromatic carbocycles. The summed E-state index contributed by atoms with van der Waals surface area (Å²) >= 11 is 0. The molecule has 0 saturated carbocycles. The predicted molar refractivity (Wildman–Crippen MR) is 252 cm³/mol. The first kappa shape index (κ1) is 51.0. The summed E-state index contributed by atoms with van der Waals surface area (Å²) in [6.45, 7) is -0.386. The van der Waals surface area contributed by atoms with Crippen LogP contribution in [0.25, 0.3) is 0 Å². The summed E-state index contributed by atoms with van der Waals surface area (Å²) < 4.78 is 84.2. The lowest BCUT2D eigenvalue weighted by atomic mass is 9.98. The van der Waals surface area contributed by atoms with Gasteiger partial charge in [-0.25, -0.2) is 4.57 Å². The standard InChI is InChI=1S/C50H50F6N10O5/c51-49(52,53)33-4-1-6-37(26-33)61-39-28-65(47(70)42(39)44(59)30-9-13-35(57)14-10-30)24-22-64(46(69)32-17-20-63(21-18-32)19-3-8-41(67)68)23-25-66-29-40(62-38-7-2-5-34(27-38)50(54,55)56)43(48(66)71)45(60)31-11-15-36(58)16-12-31/h1-2,4-7,9-18,20-21,26-27,44-45H,3,8,19,22-25,28-29,57-60H2,(H2-,61,62,67,68,70,71)/p+1/t44-,45-/m1/s1. The van der Waals surface area contributed by atoms with Crippen molar-refractivity contribution in [3.05, 3.63) is 172 Å². The maximum absolute atomic E-state index is 14.5. The number of hydrogen-bond donors (Lipinski definition) is 7. The molecule has 0 bridgehead atoms. The third kappa shape index (κ3) is 12.5. The largest absolute Gasteiger partial charge is 0.481 e. The number of carbonyl (C=O) groups excluding carboxylic acids is 3. The van der Waals surface area contributed by atoms with Crippen LogP contribution in [-0.4, -0.2) is 82.8 Å². The van der Waals surface area contributed by atoms with E-state index in [0.717, 1.165) is 24.3 Å². The smallest absolute Gasteiger partial charge is 0.416 e. The van der Waals surface area contributed by atoms with E-state index < -0.39 is 59.3 Å². The Bertz CT molecular complexity index is 2680. The monoisotopic (exact) mass is 985 g/mol. The van der Waals surface area contributed by atoms with Crippen molar-refractivity contribution in [3.8, 4) is 0 Å². The number of hydrogen-bond acceptors (Lipinski definition) is 10. The summed E-state index contributed by atoms with van der Waals surface area (Å²) in [7, 11) is 0. The van der Waals surface area contributed by atoms with Gasteiger partial charge in [-0.15, -0.1) is 0 Å². The minimum atomic E-state index is -4.65. The molecule has 15 nitrogen and oxygen atoms in total. The summed E-state index contributed by atoms with van der Waals surface area (Å²) in [6.07, 6.45) is -5.81. The van der Waals surface area contributed by atoms with E-state index in [1.807, 2.05) is 0 Å². The molecule has 0 radical (unpaired) electrons. The molecular weight excluding hydrogens is 935 g/mol. The zero-order chi connectivity index (χ0) is 51.2. The first-order valence-corrected chi connectivity index (χ1v) is 22.3. The fourth-order valence-corrected chi connectivity index (χ4v) is 8.29. The van der Waals surface area contributed by atoms with Crippen LogP contribution in [0.3, 0.4) is 0 Å². The van der Waals surface area contributed by atoms with Gasteiger partial charge >= 0.3 is 18.3 Å². The number of nitrogens with zero attached hydrogens (tertiary/aromatic N) is 4. The number of benzene rings is 4. The number of nitrogen functional groups attached to an aromatic ring is 2. The fraction of sp³-hybridized carbons (Fsp3) is 0.260. The number of alkyl halides is 6. The summed E-state index contributed by atoms with van der Waals surface area (Å²) in [5.41, 5.74) is 26.1. The Morgan fingerprint density at radius 2 is 1.08 bits per heavy atom. The normalized spacial score (nSPS) is 15.1. The van der Waals surface area contributed by atoms with Crippen molar-refractivity contribution in [2.45, 2.75) is 43.8 Å². The number of aliphatic carboxylic acids is 1. The SMILES string of the molecule is Nc1ccc([C@@H](N)C2=C(Nc3cccc(C(F)(F)F)c3)CN(CCN(CCN3CC(Nc4cccc(C(F)(F)F)c4)=C([C@H](N)c4ccc(N)cc4)C3=O)C(=O)c3cc[n+](CCCC(=O)O)cc3)C2=O)cc1. The van der Waals surface area contributed by atoms with Crippen LogP contribution in [0, 0.1) is 0 Å². The van der Waals surface area contributed by atoms with E-state index in [2.05, 4.69) is 10.6 Å². The van der Waals surface area contributed by atoms with Crippen molar-refractivity contribution in [1.82, 2.24) is 14.7 Å². The van der Waals surface area contributed by atoms with Crippen LogP contribution in [-0.2, 0) is 33.3 Å². The maximum atomic E-state index is 14.5. The molecule has 21 heteroatoms. The summed E-state index contributed by atoms with van der Waals surface area (Å²) in [5, 5.41) is 15.1. The van der Waals surface area contributed by atoms with Gasteiger partial charge in [0.25, 0.3) is 17.7 Å². The average molecular weight is 986 g/mol. The van der Waals surface area contributed by atoms with Gasteiger partial charge < -0.3 is 53.4 Å². The number of pyridine rings is 1. The minimum absolute atomic E-state index is 0.0499. The van der Waals surface area contributed by atoms with Crippen LogP contribution in [0.2, 0.25) is 0 Å². The third-order valence-corrected chi connectivity index (χ3v) is 12.1. The van der Waals surface area contributed by atoms with Crippen molar-refractivity contribution in [2.75, 3.05) is 61.4 Å². The average Bonchev–Trinajstić information content (AvgIpc) is 3.81. The van der Waals surface area contributed by atoms with E-state index >= 15 is 0 Å². The zero-order valence-electron chi connectivity index (χ0n) is 38.0. The van der Waals surface area contributed by atoms with Gasteiger partial charge in [-0.2, -0.15) is 26.3 Å². The molecule has 372 valence electrons. The van der Waals surface area contributed by atoms with E-state index in [0.29, 0.717) is 35.5 Å². The molecule has 0 saturated heterocycles. The number of carboxylic acids is 1. The highest BCUT2D eigenvalue weighted by atomic mass is 19.4. The van der Waals surface area contributed by atoms with E-state index in [4.69, 9.17) is 28.0 Å². The first-order valence-electron chi connectivity index (χ1n) is 22.3. The van der Waals surface area contributed by atoms with Gasteiger partial charge in [0.15, 0.2) is 12.4 Å². The molecule has 1 aromatic heterocycles. The highest BCUT2D eigenvalue weighted by molar-refractivity contribution is 6.00. The number of amides is 3. The van der Waals surface area contributed by atoms with E-state index in [-0.39, 0.29) is 85.2 Å². The van der Waals surface area contributed by atoms with Gasteiger partial charge in [-0.05, 0) is 71.8 Å². The molecule has 2 aliphatic heterocycles. The zero-order valence-corrected chi connectivity index (χ0v) is 38.0. The number of nitrogens with one attached hydrogen (secondary N) is 2. The van der Waals surface area contributed by atoms with Crippen LogP contribution in [0.5, 0.6) is 0 Å². The maximum Gasteiger partial charge on any atom is 0.416 e. The highest BCUT2D eigenvalue weighted by Gasteiger charge is 2.38. The Morgan fingerprint density at radius 3 is 1.48 bits per heavy atom. The van der Waals surface area contributed by atoms with Crippen LogP contribution in [0.15, 0.2) is 144 Å². The molecule has 11 N–H and O–H groups in total. The van der Waals surface area contributed by atoms with Crippen molar-refractivity contribution in [3.63, 3.8) is 0 Å². The Kier molecular flexibility index (Phi) is 15.3. The highest BCUT2D eigenvalue weighted by Crippen LogP contribution is 2.36. The second-order valence-corrected chi connectivity index (χ2v) is 17.0. The number of nitrogens with two attached hydrogens (primary N) is 4. The number of anilines is 4. The second-order valence-electron chi connectivity index (χ2n) is 17.0. The minimum Gasteiger partial charge on any atom is -0.481 e. The molecule has 5 aromatic rings. The molecule has 3 heterocycles. The van der Waals surface area contributed by atoms with E-state index in [1.165, 1.54) is 39.0 Å². The molecule has 2 aliphatic rings. The number of carboxylic acid groups (broad SMARTS) is 1. The van der Waals surface area contributed by atoms with E-state index in [9.17, 15) is 45.5 Å². The lowest BCUT2D eigenvalue weighted by Gasteiger charge is -2.28. The van der Waals surface area contributed by atoms with Gasteiger partial charge in [-0.1, -0.05) is 36.4 Å². The van der Waals surface area contributed by atoms with Crippen LogP contribution >= 0.6 is 0 Å². The molecule has 0 aliphatic carbocycles. The Balaban J connectivity index is 1.16. The molecule has 0 fully saturated rings. The number of aryl methyl sites for hydroxylation is 1. The second kappa shape index (κ2) is 21.4. The van der Waals surface area contributed by atoms with Gasteiger partial charge in [-0.3, -0.25) is 19.2 Å². The number of aromatic nitrogens is 1. The molecule has 7 rings (SSSR count). The number of halogens is 6. The van der Waals surface area contributed by atoms with Crippen molar-refractivity contribution in [1.29, 1.82) is 0 Å². The van der Waals surface area contributed by atoms with Crippen molar-refractivity contribution in [2.24, 2.45) is 11.5 Å². The molecule has 2 atom stereocenters. The molecule has 71 heavy (non-hydrogen) atoms. The lowest BCUT2D eigenvalue weighted by molar-refractivity contribution is -0.697. The molecule has 0 unspecified atom stereocenters. The van der Waals surface area contributed by atoms with Crippen molar-refractivity contribution < 1.29 is 55.2 Å². The topological polar surface area (TPSA) is 230 Å². The van der Waals surface area contributed by atoms with Gasteiger partial charge in [0.2, 0.25) is 0 Å². The summed E-state index contributed by atoms with van der Waals surface area (Å²) in [5.74, 6) is -2.57. The Hall–Kier alpha value is -7.91. The Morgan fingerprint density at radius 1 is 0.662 bits per heavy atom. The predicted octanol–water partition coefficient (Wildman–Crippen LogP) is 6.30. The Labute approximate surface area is 404 Å². The number of rotatable bonds is 19. The van der Waals surface area contributed by atoms with Crippen LogP contribution in [0.4, 0.5) is 49.1 Å². The summed E-state index contributed by atoms with van der Waals surface area (Å²) in [4.78, 5) is 58.6. The fourth-order valence-electron chi connectivity index (χ4n) is 8.29. The van der Waals surface area contributed by atoms with Crippen molar-refractivity contribution >= 4 is 46.4 Å². The quantitative estimate of drug-likeness (QED) is 0.0276. The molecule has 3 amide bonds. The third-order valence-electron chi connectivity index (χ3n) is 12.1. The molecule has 0 spiro atoms. The lowest BCUT2D eigenvalue weighted by Crippen LogP contribution is -2.44. The van der Waals surface area contributed by atoms with Crippen LogP contribution in [0.1, 0.15) is 57.5 Å². The van der Waals surface area contributed by atoms with Gasteiger partial charge in [0.1, 0.15) is 6.54 Å². The number of carbonyl (C=O) groups is 4. The van der Waals surface area contributed by atoms with E-state index in [1.54, 1.807) is 77.6 Å². The first-order chi connectivity index (χ1) is 33.7. The summed E-state index contributed by atoms with van der Waals surface area (Å²) in [6, 6.07) is 22.8.